The van der Waals surface area contributed by atoms with Crippen LogP contribution in [0.25, 0.3) is 0 Å². The van der Waals surface area contributed by atoms with Gasteiger partial charge in [0.05, 0.1) is 23.2 Å². The third-order valence-electron chi connectivity index (χ3n) is 3.57. The van der Waals surface area contributed by atoms with Crippen molar-refractivity contribution < 1.29 is 4.79 Å². The van der Waals surface area contributed by atoms with Gasteiger partial charge in [-0.25, -0.2) is 0 Å². The van der Waals surface area contributed by atoms with Crippen molar-refractivity contribution >= 4 is 28.9 Å². The minimum absolute atomic E-state index is 0.0554. The predicted molar refractivity (Wildman–Crippen MR) is 84.6 cm³/mol. The van der Waals surface area contributed by atoms with E-state index >= 15 is 0 Å². The fourth-order valence-corrected chi connectivity index (χ4v) is 2.85. The molecule has 112 valence electrons. The van der Waals surface area contributed by atoms with Crippen molar-refractivity contribution in [1.29, 1.82) is 5.26 Å². The number of halogens is 1. The van der Waals surface area contributed by atoms with Gasteiger partial charge in [-0.05, 0) is 25.6 Å². The monoisotopic (exact) mass is 306 g/mol. The Morgan fingerprint density at radius 2 is 2.24 bits per heavy atom. The van der Waals surface area contributed by atoms with Gasteiger partial charge in [-0.2, -0.15) is 5.26 Å². The lowest BCUT2D eigenvalue weighted by molar-refractivity contribution is -0.117. The molecular formula is C15H19ClN4O. The number of likely N-dealkylation sites (N-methyl/N-ethyl adjacent to an activating group) is 1. The molecule has 0 radical (unpaired) electrons. The average Bonchev–Trinajstić information content (AvgIpc) is 2.76. The number of anilines is 2. The van der Waals surface area contributed by atoms with Crippen LogP contribution in [0.3, 0.4) is 0 Å². The summed E-state index contributed by atoms with van der Waals surface area (Å²) in [5, 5.41) is 15.4. The number of nitrogens with one attached hydrogen (secondary N) is 2. The first kappa shape index (κ1) is 15.6. The number of carbonyl (C=O) groups excluding carboxylic acids is 1. The average molecular weight is 307 g/mol. The van der Waals surface area contributed by atoms with E-state index in [0.717, 1.165) is 23.5 Å². The summed E-state index contributed by atoms with van der Waals surface area (Å²) in [6, 6.07) is 5.53. The topological polar surface area (TPSA) is 68.2 Å². The van der Waals surface area contributed by atoms with Gasteiger partial charge in [-0.15, -0.1) is 0 Å². The van der Waals surface area contributed by atoms with Gasteiger partial charge in [0.2, 0.25) is 5.91 Å². The molecule has 6 heteroatoms. The molecule has 0 spiro atoms. The Morgan fingerprint density at radius 1 is 1.48 bits per heavy atom. The van der Waals surface area contributed by atoms with Crippen molar-refractivity contribution in [2.45, 2.75) is 26.3 Å². The maximum Gasteiger partial charge on any atom is 0.246 e. The molecule has 1 amide bonds. The lowest BCUT2D eigenvalue weighted by Gasteiger charge is -2.24. The van der Waals surface area contributed by atoms with Gasteiger partial charge < -0.3 is 15.5 Å². The molecule has 1 aromatic rings. The molecule has 1 unspecified atom stereocenters. The molecule has 0 saturated carbocycles. The first-order valence-electron chi connectivity index (χ1n) is 7.11. The highest BCUT2D eigenvalue weighted by atomic mass is 35.5. The number of hydrogen-bond donors (Lipinski definition) is 2. The summed E-state index contributed by atoms with van der Waals surface area (Å²) in [5.74, 6) is -0.0554. The van der Waals surface area contributed by atoms with Crippen LogP contribution in [0.4, 0.5) is 11.4 Å². The summed E-state index contributed by atoms with van der Waals surface area (Å²) in [7, 11) is 0. The lowest BCUT2D eigenvalue weighted by atomic mass is 10.1. The molecule has 2 N–H and O–H groups in total. The number of amides is 1. The molecule has 0 saturated heterocycles. The van der Waals surface area contributed by atoms with E-state index in [9.17, 15) is 4.79 Å². The minimum Gasteiger partial charge on any atom is -0.370 e. The molecule has 5 nitrogen and oxygen atoms in total. The zero-order valence-corrected chi connectivity index (χ0v) is 13.0. The van der Waals surface area contributed by atoms with Crippen molar-refractivity contribution in [2.24, 2.45) is 0 Å². The molecule has 1 aromatic carbocycles. The van der Waals surface area contributed by atoms with Crippen molar-refractivity contribution in [2.75, 3.05) is 29.9 Å². The molecule has 1 aliphatic heterocycles. The Morgan fingerprint density at radius 3 is 2.86 bits per heavy atom. The van der Waals surface area contributed by atoms with E-state index in [0.29, 0.717) is 24.5 Å². The van der Waals surface area contributed by atoms with Crippen LogP contribution in [0.1, 0.15) is 31.9 Å². The lowest BCUT2D eigenvalue weighted by Crippen LogP contribution is -2.27. The summed E-state index contributed by atoms with van der Waals surface area (Å²) < 4.78 is 0. The van der Waals surface area contributed by atoms with Gasteiger partial charge in [0, 0.05) is 24.3 Å². The fourth-order valence-electron chi connectivity index (χ4n) is 2.55. The number of hydrogen-bond acceptors (Lipinski definition) is 4. The maximum atomic E-state index is 12.0. The molecule has 1 atom stereocenters. The first-order chi connectivity index (χ1) is 10.1. The number of rotatable bonds is 6. The third-order valence-corrected chi connectivity index (χ3v) is 3.88. The van der Waals surface area contributed by atoms with E-state index in [1.54, 1.807) is 0 Å². The normalized spacial score (nSPS) is 16.3. The van der Waals surface area contributed by atoms with Crippen LogP contribution in [0.2, 0.25) is 5.02 Å². The number of carbonyl (C=O) groups is 1. The highest BCUT2D eigenvalue weighted by molar-refractivity contribution is 6.33. The quantitative estimate of drug-likeness (QED) is 0.848. The summed E-state index contributed by atoms with van der Waals surface area (Å²) in [5.41, 5.74) is 2.53. The summed E-state index contributed by atoms with van der Waals surface area (Å²) in [4.78, 5) is 14.0. The Bertz CT molecular complexity index is 582. The van der Waals surface area contributed by atoms with Gasteiger partial charge in [0.15, 0.2) is 0 Å². The molecule has 1 heterocycles. The summed E-state index contributed by atoms with van der Waals surface area (Å²) >= 11 is 6.38. The van der Waals surface area contributed by atoms with E-state index in [2.05, 4.69) is 16.7 Å². The molecule has 0 fully saturated rings. The zero-order chi connectivity index (χ0) is 15.4. The van der Waals surface area contributed by atoms with Crippen LogP contribution in [-0.4, -0.2) is 25.5 Å². The molecular weight excluding hydrogens is 288 g/mol. The van der Waals surface area contributed by atoms with Crippen LogP contribution in [0.5, 0.6) is 0 Å². The van der Waals surface area contributed by atoms with E-state index in [-0.39, 0.29) is 11.9 Å². The summed E-state index contributed by atoms with van der Waals surface area (Å²) in [6.45, 7) is 6.06. The first-order valence-corrected chi connectivity index (χ1v) is 7.49. The second-order valence-electron chi connectivity index (χ2n) is 4.86. The van der Waals surface area contributed by atoms with Crippen molar-refractivity contribution in [3.8, 4) is 6.07 Å². The number of fused-ring (bicyclic) bond motifs is 1. The summed E-state index contributed by atoms with van der Waals surface area (Å²) in [6.07, 6.45) is 0.438. The van der Waals surface area contributed by atoms with Gasteiger partial charge in [0.1, 0.15) is 6.04 Å². The molecule has 2 rings (SSSR count). The molecule has 0 aliphatic carbocycles. The Balaban J connectivity index is 2.34. The van der Waals surface area contributed by atoms with Gasteiger partial charge in [-0.3, -0.25) is 4.79 Å². The molecule has 1 aliphatic rings. The van der Waals surface area contributed by atoms with Crippen molar-refractivity contribution in [3.05, 3.63) is 22.7 Å². The minimum atomic E-state index is -0.342. The Hall–Kier alpha value is -1.77. The molecule has 21 heavy (non-hydrogen) atoms. The predicted octanol–water partition coefficient (Wildman–Crippen LogP) is 2.68. The van der Waals surface area contributed by atoms with Gasteiger partial charge in [-0.1, -0.05) is 18.5 Å². The van der Waals surface area contributed by atoms with E-state index < -0.39 is 0 Å². The number of nitriles is 1. The molecule has 0 aromatic heterocycles. The number of benzene rings is 1. The standard InChI is InChI=1S/C15H19ClN4O/c1-3-18-14-10-8-11(16)13(9-12(10)19-15(14)21)20(4-2)7-5-6-17/h8-9,14,18H,3-5,7H2,1-2H3,(H,19,21). The second kappa shape index (κ2) is 6.79. The van der Waals surface area contributed by atoms with Crippen LogP contribution >= 0.6 is 11.6 Å². The van der Waals surface area contributed by atoms with E-state index in [1.165, 1.54) is 0 Å². The smallest absolute Gasteiger partial charge is 0.246 e. The highest BCUT2D eigenvalue weighted by Crippen LogP contribution is 2.38. The van der Waals surface area contributed by atoms with Crippen LogP contribution in [0.15, 0.2) is 12.1 Å². The van der Waals surface area contributed by atoms with Crippen molar-refractivity contribution in [1.82, 2.24) is 5.32 Å². The molecule has 0 bridgehead atoms. The highest BCUT2D eigenvalue weighted by Gasteiger charge is 2.31. The van der Waals surface area contributed by atoms with Crippen LogP contribution in [-0.2, 0) is 4.79 Å². The van der Waals surface area contributed by atoms with Crippen LogP contribution < -0.4 is 15.5 Å². The largest absolute Gasteiger partial charge is 0.370 e. The van der Waals surface area contributed by atoms with Crippen LogP contribution in [0, 0.1) is 11.3 Å². The Kier molecular flexibility index (Phi) is 5.05. The Labute approximate surface area is 129 Å². The zero-order valence-electron chi connectivity index (χ0n) is 12.2. The SMILES string of the molecule is CCNC1C(=O)Nc2cc(N(CC)CCC#N)c(Cl)cc21. The second-order valence-corrected chi connectivity index (χ2v) is 5.27. The number of nitrogens with zero attached hydrogens (tertiary/aromatic N) is 2. The van der Waals surface area contributed by atoms with Gasteiger partial charge in [0.25, 0.3) is 0 Å². The van der Waals surface area contributed by atoms with Gasteiger partial charge >= 0.3 is 0 Å². The fraction of sp³-hybridized carbons (Fsp3) is 0.467. The third kappa shape index (κ3) is 3.12. The van der Waals surface area contributed by atoms with E-state index in [4.69, 9.17) is 16.9 Å². The maximum absolute atomic E-state index is 12.0. The van der Waals surface area contributed by atoms with Crippen molar-refractivity contribution in [3.63, 3.8) is 0 Å². The van der Waals surface area contributed by atoms with E-state index in [1.807, 2.05) is 30.9 Å².